The highest BCUT2D eigenvalue weighted by molar-refractivity contribution is 7.92. The first-order chi connectivity index (χ1) is 8.53. The Labute approximate surface area is 102 Å². The molecule has 0 bridgehead atoms. The number of halogens is 1. The van der Waals surface area contributed by atoms with Gasteiger partial charge in [-0.15, -0.1) is 0 Å². The van der Waals surface area contributed by atoms with Crippen molar-refractivity contribution in [3.8, 4) is 6.07 Å². The zero-order valence-corrected chi connectivity index (χ0v) is 9.70. The van der Waals surface area contributed by atoms with Crippen LogP contribution in [-0.2, 0) is 10.0 Å². The van der Waals surface area contributed by atoms with Crippen molar-refractivity contribution in [2.75, 3.05) is 4.72 Å². The van der Waals surface area contributed by atoms with Crippen LogP contribution in [0.1, 0.15) is 5.56 Å². The van der Waals surface area contributed by atoms with Gasteiger partial charge >= 0.3 is 0 Å². The van der Waals surface area contributed by atoms with Crippen molar-refractivity contribution in [3.05, 3.63) is 42.0 Å². The van der Waals surface area contributed by atoms with Crippen molar-refractivity contribution in [2.24, 2.45) is 0 Å². The Morgan fingerprint density at radius 1 is 1.44 bits per heavy atom. The molecule has 2 aromatic rings. The zero-order chi connectivity index (χ0) is 13.2. The molecule has 0 amide bonds. The number of imidazole rings is 1. The van der Waals surface area contributed by atoms with Gasteiger partial charge < -0.3 is 4.98 Å². The van der Waals surface area contributed by atoms with Crippen molar-refractivity contribution in [1.29, 1.82) is 5.26 Å². The number of hydrogen-bond donors (Lipinski definition) is 2. The minimum atomic E-state index is -3.89. The van der Waals surface area contributed by atoms with Crippen LogP contribution in [0.4, 0.5) is 10.3 Å². The number of benzene rings is 1. The van der Waals surface area contributed by atoms with Crippen molar-refractivity contribution in [3.63, 3.8) is 0 Å². The van der Waals surface area contributed by atoms with E-state index in [1.165, 1.54) is 12.4 Å². The summed E-state index contributed by atoms with van der Waals surface area (Å²) < 4.78 is 39.0. The van der Waals surface area contributed by atoms with Gasteiger partial charge in [0.1, 0.15) is 11.9 Å². The number of anilines is 1. The summed E-state index contributed by atoms with van der Waals surface area (Å²) in [4.78, 5) is 6.05. The average Bonchev–Trinajstić information content (AvgIpc) is 2.81. The summed E-state index contributed by atoms with van der Waals surface area (Å²) in [5.41, 5.74) is -0.336. The van der Waals surface area contributed by atoms with Gasteiger partial charge in [0.2, 0.25) is 5.95 Å². The minimum absolute atomic E-state index is 0.0397. The van der Waals surface area contributed by atoms with Crippen LogP contribution in [-0.4, -0.2) is 18.4 Å². The lowest BCUT2D eigenvalue weighted by Crippen LogP contribution is -2.14. The molecule has 0 unspecified atom stereocenters. The van der Waals surface area contributed by atoms with Gasteiger partial charge in [0.15, 0.2) is 0 Å². The first kappa shape index (κ1) is 12.1. The highest BCUT2D eigenvalue weighted by atomic mass is 32.2. The van der Waals surface area contributed by atoms with E-state index >= 15 is 0 Å². The molecular weight excluding hydrogens is 259 g/mol. The molecule has 0 aliphatic heterocycles. The molecule has 6 nitrogen and oxygen atoms in total. The Morgan fingerprint density at radius 3 is 2.83 bits per heavy atom. The van der Waals surface area contributed by atoms with Gasteiger partial charge in [-0.1, -0.05) is 0 Å². The van der Waals surface area contributed by atoms with Crippen LogP contribution in [0.5, 0.6) is 0 Å². The monoisotopic (exact) mass is 266 g/mol. The smallest absolute Gasteiger partial charge is 0.264 e. The summed E-state index contributed by atoms with van der Waals surface area (Å²) in [6, 6.07) is 4.53. The first-order valence-corrected chi connectivity index (χ1v) is 6.23. The molecular formula is C10H7FN4O2S. The topological polar surface area (TPSA) is 98.6 Å². The third-order valence-electron chi connectivity index (χ3n) is 2.10. The van der Waals surface area contributed by atoms with Crippen LogP contribution in [0.2, 0.25) is 0 Å². The molecule has 92 valence electrons. The van der Waals surface area contributed by atoms with Gasteiger partial charge in [0, 0.05) is 12.4 Å². The Hall–Kier alpha value is -2.40. The standard InChI is InChI=1S/C10H7FN4O2S/c11-9-2-1-8(5-7(9)6-12)18(16,17)15-10-13-3-4-14-10/h1-5H,(H2,13,14,15). The Morgan fingerprint density at radius 2 is 2.22 bits per heavy atom. The highest BCUT2D eigenvalue weighted by Crippen LogP contribution is 2.16. The molecule has 1 aromatic carbocycles. The second-order valence-corrected chi connectivity index (χ2v) is 4.98. The number of rotatable bonds is 3. The van der Waals surface area contributed by atoms with E-state index in [1.807, 2.05) is 0 Å². The van der Waals surface area contributed by atoms with Crippen LogP contribution >= 0.6 is 0 Å². The summed E-state index contributed by atoms with van der Waals surface area (Å²) >= 11 is 0. The predicted octanol–water partition coefficient (Wildman–Crippen LogP) is 1.22. The lowest BCUT2D eigenvalue weighted by molar-refractivity contribution is 0.599. The summed E-state index contributed by atoms with van der Waals surface area (Å²) in [5, 5.41) is 8.64. The number of nitrogens with zero attached hydrogens (tertiary/aromatic N) is 2. The minimum Gasteiger partial charge on any atom is -0.330 e. The number of nitrogens with one attached hydrogen (secondary N) is 2. The molecule has 18 heavy (non-hydrogen) atoms. The fourth-order valence-corrected chi connectivity index (χ4v) is 2.27. The fourth-order valence-electron chi connectivity index (χ4n) is 1.26. The van der Waals surface area contributed by atoms with E-state index in [2.05, 4.69) is 14.7 Å². The quantitative estimate of drug-likeness (QED) is 0.872. The van der Waals surface area contributed by atoms with Crippen LogP contribution in [0.3, 0.4) is 0 Å². The number of hydrogen-bond acceptors (Lipinski definition) is 4. The summed E-state index contributed by atoms with van der Waals surface area (Å²) in [7, 11) is -3.89. The van der Waals surface area contributed by atoms with Crippen LogP contribution in [0, 0.1) is 17.1 Å². The summed E-state index contributed by atoms with van der Waals surface area (Å²) in [6.45, 7) is 0. The molecule has 1 heterocycles. The third kappa shape index (κ3) is 2.31. The fraction of sp³-hybridized carbons (Fsp3) is 0. The second kappa shape index (κ2) is 4.46. The highest BCUT2D eigenvalue weighted by Gasteiger charge is 2.17. The Bertz CT molecular complexity index is 704. The van der Waals surface area contributed by atoms with Crippen molar-refractivity contribution in [1.82, 2.24) is 9.97 Å². The number of aromatic amines is 1. The number of sulfonamides is 1. The van der Waals surface area contributed by atoms with Crippen molar-refractivity contribution >= 4 is 16.0 Å². The molecule has 0 aliphatic carbocycles. The van der Waals surface area contributed by atoms with Crippen LogP contribution < -0.4 is 4.72 Å². The van der Waals surface area contributed by atoms with Crippen molar-refractivity contribution < 1.29 is 12.8 Å². The Kier molecular flexibility index (Phi) is 2.99. The third-order valence-corrected chi connectivity index (χ3v) is 3.43. The number of H-pyrrole nitrogens is 1. The van der Waals surface area contributed by atoms with Crippen LogP contribution in [0.15, 0.2) is 35.5 Å². The normalized spacial score (nSPS) is 10.9. The van der Waals surface area contributed by atoms with E-state index in [4.69, 9.17) is 5.26 Å². The average molecular weight is 266 g/mol. The zero-order valence-electron chi connectivity index (χ0n) is 8.88. The lowest BCUT2D eigenvalue weighted by atomic mass is 10.2. The Balaban J connectivity index is 2.39. The molecule has 0 fully saturated rings. The van der Waals surface area contributed by atoms with Crippen LogP contribution in [0.25, 0.3) is 0 Å². The van der Waals surface area contributed by atoms with Gasteiger partial charge in [0.05, 0.1) is 10.5 Å². The molecule has 0 radical (unpaired) electrons. The molecule has 2 rings (SSSR count). The van der Waals surface area contributed by atoms with E-state index in [0.717, 1.165) is 18.2 Å². The van der Waals surface area contributed by atoms with Gasteiger partial charge in [-0.3, -0.25) is 0 Å². The molecule has 2 N–H and O–H groups in total. The van der Waals surface area contributed by atoms with Gasteiger partial charge in [-0.25, -0.2) is 22.5 Å². The van der Waals surface area contributed by atoms with Gasteiger partial charge in [-0.05, 0) is 18.2 Å². The number of aromatic nitrogens is 2. The molecule has 1 aromatic heterocycles. The predicted molar refractivity (Wildman–Crippen MR) is 60.5 cm³/mol. The van der Waals surface area contributed by atoms with Gasteiger partial charge in [0.25, 0.3) is 10.0 Å². The molecule has 8 heteroatoms. The van der Waals surface area contributed by atoms with Gasteiger partial charge in [-0.2, -0.15) is 5.26 Å². The molecule has 0 saturated carbocycles. The number of nitriles is 1. The summed E-state index contributed by atoms with van der Waals surface area (Å²) in [5.74, 6) is -0.729. The first-order valence-electron chi connectivity index (χ1n) is 4.75. The maximum Gasteiger partial charge on any atom is 0.264 e. The van der Waals surface area contributed by atoms with E-state index in [0.29, 0.717) is 0 Å². The van der Waals surface area contributed by atoms with E-state index in [-0.39, 0.29) is 16.4 Å². The van der Waals surface area contributed by atoms with E-state index < -0.39 is 15.8 Å². The molecule has 0 spiro atoms. The summed E-state index contributed by atoms with van der Waals surface area (Å²) in [6.07, 6.45) is 2.83. The van der Waals surface area contributed by atoms with Crippen molar-refractivity contribution in [2.45, 2.75) is 4.90 Å². The second-order valence-electron chi connectivity index (χ2n) is 3.30. The lowest BCUT2D eigenvalue weighted by Gasteiger charge is -2.05. The molecule has 0 saturated heterocycles. The SMILES string of the molecule is N#Cc1cc(S(=O)(=O)Nc2ncc[nH]2)ccc1F. The van der Waals surface area contributed by atoms with E-state index in [9.17, 15) is 12.8 Å². The maximum absolute atomic E-state index is 13.1. The largest absolute Gasteiger partial charge is 0.330 e. The van der Waals surface area contributed by atoms with E-state index in [1.54, 1.807) is 6.07 Å². The molecule has 0 atom stereocenters. The maximum atomic E-state index is 13.1. The molecule has 0 aliphatic rings.